The van der Waals surface area contributed by atoms with Crippen molar-refractivity contribution in [3.05, 3.63) is 12.7 Å². The van der Waals surface area contributed by atoms with E-state index in [1.54, 1.807) is 0 Å². The maximum absolute atomic E-state index is 11.3. The topological polar surface area (TPSA) is 38.3 Å². The number of carbonyl (C=O) groups excluding carboxylic acids is 1. The minimum Gasteiger partial charge on any atom is -0.375 e. The maximum atomic E-state index is 11.3. The molecule has 2 aliphatic rings. The largest absolute Gasteiger partial charge is 0.375 e. The highest BCUT2D eigenvalue weighted by atomic mass is 32.2. The van der Waals surface area contributed by atoms with Gasteiger partial charge in [0.15, 0.2) is 0 Å². The Balaban J connectivity index is 1.92. The molecule has 0 saturated carbocycles. The van der Waals surface area contributed by atoms with Crippen molar-refractivity contribution in [2.24, 2.45) is 0 Å². The van der Waals surface area contributed by atoms with Crippen LogP contribution in [0.25, 0.3) is 0 Å². The Labute approximate surface area is 101 Å². The van der Waals surface area contributed by atoms with Gasteiger partial charge >= 0.3 is 0 Å². The van der Waals surface area contributed by atoms with E-state index in [9.17, 15) is 4.79 Å². The minimum absolute atomic E-state index is 0.0443. The van der Waals surface area contributed by atoms with E-state index in [0.29, 0.717) is 0 Å². The third-order valence-corrected chi connectivity index (χ3v) is 4.41. The van der Waals surface area contributed by atoms with Gasteiger partial charge in [-0.3, -0.25) is 4.79 Å². The highest BCUT2D eigenvalue weighted by Crippen LogP contribution is 2.37. The van der Waals surface area contributed by atoms with Crippen LogP contribution in [-0.4, -0.2) is 35.7 Å². The Kier molecular flexibility index (Phi) is 3.92. The Morgan fingerprint density at radius 1 is 1.50 bits per heavy atom. The van der Waals surface area contributed by atoms with E-state index in [0.717, 1.165) is 32.3 Å². The van der Waals surface area contributed by atoms with Crippen LogP contribution in [0.4, 0.5) is 0 Å². The van der Waals surface area contributed by atoms with Gasteiger partial charge in [-0.15, -0.1) is 0 Å². The SMILES string of the molecule is C=CC(=O)NC1CCOC2(CCSCC2)C1. The van der Waals surface area contributed by atoms with Gasteiger partial charge in [-0.1, -0.05) is 6.58 Å². The maximum Gasteiger partial charge on any atom is 0.243 e. The van der Waals surface area contributed by atoms with Gasteiger partial charge in [-0.05, 0) is 43.3 Å². The molecule has 0 aliphatic carbocycles. The smallest absolute Gasteiger partial charge is 0.243 e. The van der Waals surface area contributed by atoms with Crippen LogP contribution >= 0.6 is 11.8 Å². The van der Waals surface area contributed by atoms with Gasteiger partial charge in [-0.2, -0.15) is 11.8 Å². The molecule has 4 heteroatoms. The summed E-state index contributed by atoms with van der Waals surface area (Å²) in [5.41, 5.74) is 0.0443. The molecule has 0 bridgehead atoms. The molecule has 16 heavy (non-hydrogen) atoms. The Hall–Kier alpha value is -0.480. The van der Waals surface area contributed by atoms with Crippen LogP contribution in [-0.2, 0) is 9.53 Å². The predicted molar refractivity (Wildman–Crippen MR) is 66.6 cm³/mol. The molecule has 0 aromatic heterocycles. The summed E-state index contributed by atoms with van der Waals surface area (Å²) in [5, 5.41) is 3.00. The third kappa shape index (κ3) is 2.80. The fraction of sp³-hybridized carbons (Fsp3) is 0.750. The highest BCUT2D eigenvalue weighted by Gasteiger charge is 2.38. The number of amides is 1. The average Bonchev–Trinajstić information content (AvgIpc) is 2.30. The van der Waals surface area contributed by atoms with Crippen molar-refractivity contribution in [1.29, 1.82) is 0 Å². The normalized spacial score (nSPS) is 28.6. The molecule has 2 rings (SSSR count). The number of rotatable bonds is 2. The van der Waals surface area contributed by atoms with E-state index >= 15 is 0 Å². The zero-order chi connectivity index (χ0) is 11.4. The van der Waals surface area contributed by atoms with Crippen molar-refractivity contribution in [1.82, 2.24) is 5.32 Å². The summed E-state index contributed by atoms with van der Waals surface area (Å²) < 4.78 is 5.96. The zero-order valence-corrected chi connectivity index (χ0v) is 10.4. The number of thioether (sulfide) groups is 1. The zero-order valence-electron chi connectivity index (χ0n) is 9.54. The van der Waals surface area contributed by atoms with Gasteiger partial charge in [-0.25, -0.2) is 0 Å². The lowest BCUT2D eigenvalue weighted by atomic mass is 9.85. The van der Waals surface area contributed by atoms with Crippen molar-refractivity contribution in [3.63, 3.8) is 0 Å². The van der Waals surface area contributed by atoms with Crippen molar-refractivity contribution >= 4 is 17.7 Å². The lowest BCUT2D eigenvalue weighted by molar-refractivity contribution is -0.121. The van der Waals surface area contributed by atoms with Gasteiger partial charge in [0.2, 0.25) is 5.91 Å². The average molecular weight is 241 g/mol. The van der Waals surface area contributed by atoms with Crippen LogP contribution < -0.4 is 5.32 Å². The van der Waals surface area contributed by atoms with Gasteiger partial charge in [0.25, 0.3) is 0 Å². The Morgan fingerprint density at radius 2 is 2.25 bits per heavy atom. The second-order valence-corrected chi connectivity index (χ2v) is 5.77. The van der Waals surface area contributed by atoms with E-state index in [4.69, 9.17) is 4.74 Å². The van der Waals surface area contributed by atoms with Crippen molar-refractivity contribution in [3.8, 4) is 0 Å². The Morgan fingerprint density at radius 3 is 2.94 bits per heavy atom. The molecule has 3 nitrogen and oxygen atoms in total. The number of ether oxygens (including phenoxy) is 1. The van der Waals surface area contributed by atoms with E-state index in [1.165, 1.54) is 17.6 Å². The van der Waals surface area contributed by atoms with E-state index in [1.807, 2.05) is 11.8 Å². The van der Waals surface area contributed by atoms with E-state index < -0.39 is 0 Å². The summed E-state index contributed by atoms with van der Waals surface area (Å²) in [6.07, 6.45) is 5.48. The third-order valence-electron chi connectivity index (χ3n) is 3.43. The Bertz CT molecular complexity index is 269. The molecule has 1 amide bonds. The fourth-order valence-corrected chi connectivity index (χ4v) is 3.74. The molecule has 0 aromatic rings. The summed E-state index contributed by atoms with van der Waals surface area (Å²) in [5.74, 6) is 2.30. The second-order valence-electron chi connectivity index (χ2n) is 4.55. The number of hydrogen-bond donors (Lipinski definition) is 1. The molecule has 2 saturated heterocycles. The summed E-state index contributed by atoms with van der Waals surface area (Å²) in [7, 11) is 0. The van der Waals surface area contributed by atoms with Gasteiger partial charge < -0.3 is 10.1 Å². The first kappa shape index (κ1) is 12.0. The molecule has 1 spiro atoms. The van der Waals surface area contributed by atoms with Crippen molar-refractivity contribution in [2.45, 2.75) is 37.3 Å². The van der Waals surface area contributed by atoms with E-state index in [2.05, 4.69) is 11.9 Å². The first-order chi connectivity index (χ1) is 7.74. The molecule has 1 unspecified atom stereocenters. The molecule has 0 aromatic carbocycles. The summed E-state index contributed by atoms with van der Waals surface area (Å²) in [6.45, 7) is 4.25. The summed E-state index contributed by atoms with van der Waals surface area (Å²) >= 11 is 2.00. The van der Waals surface area contributed by atoms with Crippen molar-refractivity contribution < 1.29 is 9.53 Å². The summed E-state index contributed by atoms with van der Waals surface area (Å²) in [6, 6.07) is 0.266. The lowest BCUT2D eigenvalue weighted by Gasteiger charge is -2.43. The lowest BCUT2D eigenvalue weighted by Crippen LogP contribution is -2.49. The number of carbonyl (C=O) groups is 1. The van der Waals surface area contributed by atoms with E-state index in [-0.39, 0.29) is 17.6 Å². The van der Waals surface area contributed by atoms with Gasteiger partial charge in [0.05, 0.1) is 5.60 Å². The molecule has 1 atom stereocenters. The van der Waals surface area contributed by atoms with Crippen LogP contribution in [0.3, 0.4) is 0 Å². The standard InChI is InChI=1S/C12H19NO2S/c1-2-11(14)13-10-3-6-15-12(9-10)4-7-16-8-5-12/h2,10H,1,3-9H2,(H,13,14). The van der Waals surface area contributed by atoms with Crippen LogP contribution in [0, 0.1) is 0 Å². The molecular formula is C12H19NO2S. The molecular weight excluding hydrogens is 222 g/mol. The summed E-state index contributed by atoms with van der Waals surface area (Å²) in [4.78, 5) is 11.3. The van der Waals surface area contributed by atoms with Crippen LogP contribution in [0.2, 0.25) is 0 Å². The van der Waals surface area contributed by atoms with Crippen LogP contribution in [0.15, 0.2) is 12.7 Å². The number of nitrogens with one attached hydrogen (secondary N) is 1. The fourth-order valence-electron chi connectivity index (χ4n) is 2.50. The first-order valence-corrected chi connectivity index (χ1v) is 7.04. The quantitative estimate of drug-likeness (QED) is 0.748. The number of hydrogen-bond acceptors (Lipinski definition) is 3. The highest BCUT2D eigenvalue weighted by molar-refractivity contribution is 7.99. The van der Waals surface area contributed by atoms with Crippen molar-refractivity contribution in [2.75, 3.05) is 18.1 Å². The van der Waals surface area contributed by atoms with Crippen LogP contribution in [0.1, 0.15) is 25.7 Å². The first-order valence-electron chi connectivity index (χ1n) is 5.89. The minimum atomic E-state index is -0.0627. The molecule has 2 fully saturated rings. The molecule has 2 aliphatic heterocycles. The van der Waals surface area contributed by atoms with Gasteiger partial charge in [0, 0.05) is 12.6 Å². The molecule has 1 N–H and O–H groups in total. The molecule has 2 heterocycles. The monoisotopic (exact) mass is 241 g/mol. The molecule has 0 radical (unpaired) electrons. The molecule has 90 valence electrons. The van der Waals surface area contributed by atoms with Crippen LogP contribution in [0.5, 0.6) is 0 Å². The second kappa shape index (κ2) is 5.23. The predicted octanol–water partition coefficient (Wildman–Crippen LogP) is 1.73. The van der Waals surface area contributed by atoms with Gasteiger partial charge in [0.1, 0.15) is 0 Å².